The molecule has 5 heteroatoms. The zero-order valence-corrected chi connectivity index (χ0v) is 24.3. The van der Waals surface area contributed by atoms with Crippen LogP contribution >= 0.6 is 11.8 Å². The fourth-order valence-corrected chi connectivity index (χ4v) is 12.8. The lowest BCUT2D eigenvalue weighted by atomic mass is 9.32. The summed E-state index contributed by atoms with van der Waals surface area (Å²) in [5, 5.41) is 22.1. The molecule has 0 heterocycles. The van der Waals surface area contributed by atoms with Gasteiger partial charge in [0, 0.05) is 5.41 Å². The van der Waals surface area contributed by atoms with E-state index in [0.717, 1.165) is 57.8 Å². The largest absolute Gasteiger partial charge is 0.481 e. The van der Waals surface area contributed by atoms with Crippen molar-refractivity contribution in [3.63, 3.8) is 0 Å². The van der Waals surface area contributed by atoms with Gasteiger partial charge in [-0.3, -0.25) is 9.59 Å². The van der Waals surface area contributed by atoms with Crippen LogP contribution in [0.25, 0.3) is 0 Å². The Hall–Kier alpha value is -1.02. The second-order valence-electron chi connectivity index (χ2n) is 15.1. The van der Waals surface area contributed by atoms with Crippen molar-refractivity contribution < 1.29 is 14.7 Å². The predicted molar refractivity (Wildman–Crippen MR) is 144 cm³/mol. The number of hydrogen-bond donors (Lipinski definition) is 1. The quantitative estimate of drug-likeness (QED) is 0.394. The smallest absolute Gasteiger partial charge is 0.309 e. The van der Waals surface area contributed by atoms with Crippen molar-refractivity contribution in [3.05, 3.63) is 0 Å². The summed E-state index contributed by atoms with van der Waals surface area (Å²) in [6, 6.07) is 0. The summed E-state index contributed by atoms with van der Waals surface area (Å²) in [6.07, 6.45) is 9.02. The third-order valence-electron chi connectivity index (χ3n) is 13.7. The average molecular weight is 514 g/mol. The van der Waals surface area contributed by atoms with Crippen LogP contribution in [-0.2, 0) is 9.59 Å². The number of fused-ring (bicyclic) bond motifs is 7. The van der Waals surface area contributed by atoms with Crippen LogP contribution in [0.2, 0.25) is 0 Å². The summed E-state index contributed by atoms with van der Waals surface area (Å²) in [5.74, 6) is 2.36. The van der Waals surface area contributed by atoms with E-state index in [2.05, 4.69) is 53.9 Å². The van der Waals surface area contributed by atoms with Gasteiger partial charge in [0.2, 0.25) is 0 Å². The van der Waals surface area contributed by atoms with Crippen LogP contribution in [0.3, 0.4) is 0 Å². The van der Waals surface area contributed by atoms with Gasteiger partial charge in [0.1, 0.15) is 5.40 Å². The van der Waals surface area contributed by atoms with E-state index in [1.807, 2.05) is 0 Å². The number of carboxylic acids is 1. The van der Waals surface area contributed by atoms with Gasteiger partial charge in [0.15, 0.2) is 5.78 Å². The molecule has 0 radical (unpaired) electrons. The number of aliphatic carboxylic acids is 1. The van der Waals surface area contributed by atoms with Gasteiger partial charge >= 0.3 is 5.97 Å². The Bertz CT molecular complexity index is 1000. The van der Waals surface area contributed by atoms with Gasteiger partial charge < -0.3 is 5.11 Å². The maximum atomic E-state index is 13.5. The van der Waals surface area contributed by atoms with Crippen LogP contribution in [0.15, 0.2) is 0 Å². The molecule has 36 heavy (non-hydrogen) atoms. The molecule has 200 valence electrons. The Morgan fingerprint density at radius 3 is 2.28 bits per heavy atom. The minimum absolute atomic E-state index is 0.0291. The monoisotopic (exact) mass is 513 g/mol. The van der Waals surface area contributed by atoms with Crippen molar-refractivity contribution >= 4 is 23.5 Å². The Kier molecular flexibility index (Phi) is 6.08. The lowest BCUT2D eigenvalue weighted by Gasteiger charge is -2.72. The van der Waals surface area contributed by atoms with Crippen LogP contribution in [0, 0.1) is 73.2 Å². The number of rotatable bonds is 3. The Labute approximate surface area is 222 Å². The molecule has 5 saturated carbocycles. The molecule has 4 nitrogen and oxygen atoms in total. The van der Waals surface area contributed by atoms with Crippen LogP contribution in [0.4, 0.5) is 0 Å². The molecule has 0 aliphatic heterocycles. The second kappa shape index (κ2) is 8.24. The highest BCUT2D eigenvalue weighted by atomic mass is 32.2. The number of ketones is 1. The summed E-state index contributed by atoms with van der Waals surface area (Å²) in [7, 11) is 0. The van der Waals surface area contributed by atoms with E-state index < -0.39 is 16.8 Å². The fraction of sp³-hybridized carbons (Fsp3) is 0.903. The summed E-state index contributed by atoms with van der Waals surface area (Å²) in [6.45, 7) is 16.5. The highest BCUT2D eigenvalue weighted by Crippen LogP contribution is 2.77. The maximum Gasteiger partial charge on any atom is 0.309 e. The lowest BCUT2D eigenvalue weighted by molar-refractivity contribution is -0.236. The number of Topliss-reactive ketones (excluding diaryl/α,β-unsaturated/α-hetero) is 1. The standard InChI is InChI=1S/C31H47NO3S/c1-18(2)19-10-13-31(26(34)35)15-14-29(6)20(24(19)31)8-9-23-28(5)16-21(36-17-32)25(33)27(3,4)22(28)11-12-30(23,29)7/h18-24H,8-16H2,1-7H3,(H,34,35)/t19-,20+,21?,22-,23+,24+,28-,29+,30+,31-/m0/s1. The molecule has 5 aliphatic rings. The van der Waals surface area contributed by atoms with Crippen molar-refractivity contribution in [2.24, 2.45) is 62.6 Å². The molecule has 1 N–H and O–H groups in total. The fourth-order valence-electron chi connectivity index (χ4n) is 11.8. The summed E-state index contributed by atoms with van der Waals surface area (Å²) >= 11 is 1.19. The van der Waals surface area contributed by atoms with Gasteiger partial charge in [-0.1, -0.05) is 48.5 Å². The minimum atomic E-state index is -0.537. The van der Waals surface area contributed by atoms with Crippen molar-refractivity contribution in [3.8, 4) is 5.40 Å². The van der Waals surface area contributed by atoms with Crippen LogP contribution in [-0.4, -0.2) is 22.1 Å². The molecule has 5 rings (SSSR count). The number of thioether (sulfide) groups is 1. The number of carboxylic acid groups (broad SMARTS) is 1. The number of nitriles is 1. The lowest BCUT2D eigenvalue weighted by Crippen LogP contribution is -2.68. The molecule has 1 unspecified atom stereocenters. The molecule has 10 atom stereocenters. The SMILES string of the molecule is CC(C)[C@@H]1CC[C@]2(C(=O)O)CC[C@]3(C)[C@H](CC[C@@H]4[C@@]5(C)CC(SC#N)C(=O)C(C)(C)[C@@H]5CC[C@]43C)[C@@H]12. The zero-order valence-electron chi connectivity index (χ0n) is 23.5. The Morgan fingerprint density at radius 1 is 0.972 bits per heavy atom. The summed E-state index contributed by atoms with van der Waals surface area (Å²) in [4.78, 5) is 26.3. The van der Waals surface area contributed by atoms with E-state index in [-0.39, 0.29) is 33.2 Å². The molecule has 0 aromatic rings. The van der Waals surface area contributed by atoms with Crippen molar-refractivity contribution in [1.82, 2.24) is 0 Å². The van der Waals surface area contributed by atoms with Gasteiger partial charge in [0.25, 0.3) is 0 Å². The summed E-state index contributed by atoms with van der Waals surface area (Å²) < 4.78 is 0. The maximum absolute atomic E-state index is 13.5. The average Bonchev–Trinajstić information content (AvgIpc) is 3.19. The number of carbonyl (C=O) groups is 2. The first-order valence-corrected chi connectivity index (χ1v) is 15.4. The number of thiocyanates is 1. The van der Waals surface area contributed by atoms with E-state index in [1.54, 1.807) is 0 Å². The molecule has 0 amide bonds. The van der Waals surface area contributed by atoms with Crippen LogP contribution in [0.5, 0.6) is 0 Å². The van der Waals surface area contributed by atoms with Crippen LogP contribution in [0.1, 0.15) is 106 Å². The van der Waals surface area contributed by atoms with E-state index in [4.69, 9.17) is 0 Å². The zero-order chi connectivity index (χ0) is 26.5. The first kappa shape index (κ1) is 26.6. The van der Waals surface area contributed by atoms with Crippen LogP contribution < -0.4 is 0 Å². The Balaban J connectivity index is 1.57. The van der Waals surface area contributed by atoms with Gasteiger partial charge in [-0.05, 0) is 121 Å². The number of nitrogens with zero attached hydrogens (tertiary/aromatic N) is 1. The third kappa shape index (κ3) is 3.12. The predicted octanol–water partition coefficient (Wildman–Crippen LogP) is 7.57. The number of hydrogen-bond acceptors (Lipinski definition) is 4. The molecule has 0 aromatic heterocycles. The Morgan fingerprint density at radius 2 is 1.67 bits per heavy atom. The van der Waals surface area contributed by atoms with Gasteiger partial charge in [-0.25, -0.2) is 0 Å². The van der Waals surface area contributed by atoms with Crippen molar-refractivity contribution in [1.29, 1.82) is 5.26 Å². The van der Waals surface area contributed by atoms with E-state index in [1.165, 1.54) is 11.8 Å². The second-order valence-corrected chi connectivity index (χ2v) is 16.1. The first-order valence-electron chi connectivity index (χ1n) is 14.5. The molecular weight excluding hydrogens is 466 g/mol. The minimum Gasteiger partial charge on any atom is -0.481 e. The van der Waals surface area contributed by atoms with Crippen molar-refractivity contribution in [2.45, 2.75) is 112 Å². The summed E-state index contributed by atoms with van der Waals surface area (Å²) in [5.41, 5.74) is -0.652. The normalized spacial score (nSPS) is 51.5. The van der Waals surface area contributed by atoms with Gasteiger partial charge in [0.05, 0.1) is 10.7 Å². The number of carbonyl (C=O) groups excluding carboxylic acids is 1. The topological polar surface area (TPSA) is 78.2 Å². The van der Waals surface area contributed by atoms with E-state index in [0.29, 0.717) is 29.6 Å². The van der Waals surface area contributed by atoms with Gasteiger partial charge in [-0.15, -0.1) is 0 Å². The molecular formula is C31H47NO3S. The molecule has 5 aliphatic carbocycles. The molecule has 0 saturated heterocycles. The first-order chi connectivity index (χ1) is 16.7. The third-order valence-corrected chi connectivity index (χ3v) is 14.4. The van der Waals surface area contributed by atoms with Crippen molar-refractivity contribution in [2.75, 3.05) is 0 Å². The van der Waals surface area contributed by atoms with E-state index in [9.17, 15) is 20.0 Å². The van der Waals surface area contributed by atoms with Gasteiger partial charge in [-0.2, -0.15) is 5.26 Å². The van der Waals surface area contributed by atoms with E-state index >= 15 is 0 Å². The highest BCUT2D eigenvalue weighted by Gasteiger charge is 2.72. The highest BCUT2D eigenvalue weighted by molar-refractivity contribution is 8.05. The molecule has 0 bridgehead atoms. The molecule has 0 aromatic carbocycles. The molecule has 5 fully saturated rings. The molecule has 0 spiro atoms.